The fourth-order valence-electron chi connectivity index (χ4n) is 2.48. The first kappa shape index (κ1) is 13.4. The SMILES string of the molecule is COc1ccc(C)cc1Cn1c(=O)cnc2ccccc21. The zero-order valence-corrected chi connectivity index (χ0v) is 12.0. The predicted molar refractivity (Wildman–Crippen MR) is 82.8 cm³/mol. The molecule has 106 valence electrons. The first-order valence-corrected chi connectivity index (χ1v) is 6.77. The van der Waals surface area contributed by atoms with Crippen molar-refractivity contribution in [3.05, 3.63) is 70.1 Å². The molecule has 3 rings (SSSR count). The molecule has 21 heavy (non-hydrogen) atoms. The number of methoxy groups -OCH3 is 1. The average Bonchev–Trinajstić information content (AvgIpc) is 2.50. The second kappa shape index (κ2) is 5.40. The van der Waals surface area contributed by atoms with Crippen molar-refractivity contribution in [2.24, 2.45) is 0 Å². The largest absolute Gasteiger partial charge is 0.496 e. The lowest BCUT2D eigenvalue weighted by atomic mass is 10.1. The van der Waals surface area contributed by atoms with E-state index in [9.17, 15) is 4.79 Å². The molecule has 0 unspecified atom stereocenters. The lowest BCUT2D eigenvalue weighted by Crippen LogP contribution is -2.21. The molecule has 2 aromatic carbocycles. The monoisotopic (exact) mass is 280 g/mol. The molecule has 0 spiro atoms. The zero-order chi connectivity index (χ0) is 14.8. The highest BCUT2D eigenvalue weighted by molar-refractivity contribution is 5.74. The van der Waals surface area contributed by atoms with E-state index >= 15 is 0 Å². The van der Waals surface area contributed by atoms with Crippen LogP contribution in [0.4, 0.5) is 0 Å². The molecule has 3 aromatic rings. The molecule has 0 aliphatic heterocycles. The first-order valence-electron chi connectivity index (χ1n) is 6.77. The summed E-state index contributed by atoms with van der Waals surface area (Å²) in [5, 5.41) is 0. The van der Waals surface area contributed by atoms with E-state index in [0.29, 0.717) is 6.54 Å². The summed E-state index contributed by atoms with van der Waals surface area (Å²) in [6, 6.07) is 13.6. The summed E-state index contributed by atoms with van der Waals surface area (Å²) >= 11 is 0. The maximum absolute atomic E-state index is 12.2. The van der Waals surface area contributed by atoms with Crippen LogP contribution >= 0.6 is 0 Å². The maximum atomic E-state index is 12.2. The highest BCUT2D eigenvalue weighted by Gasteiger charge is 2.08. The molecular weight excluding hydrogens is 264 g/mol. The molecule has 0 saturated carbocycles. The molecule has 0 radical (unpaired) electrons. The van der Waals surface area contributed by atoms with Gasteiger partial charge in [-0.05, 0) is 25.1 Å². The number of rotatable bonds is 3. The molecule has 0 aliphatic carbocycles. The quantitative estimate of drug-likeness (QED) is 0.741. The lowest BCUT2D eigenvalue weighted by molar-refractivity contribution is 0.408. The zero-order valence-electron chi connectivity index (χ0n) is 12.0. The van der Waals surface area contributed by atoms with Crippen molar-refractivity contribution >= 4 is 11.0 Å². The Morgan fingerprint density at radius 3 is 2.81 bits per heavy atom. The number of fused-ring (bicyclic) bond motifs is 1. The van der Waals surface area contributed by atoms with Gasteiger partial charge in [-0.15, -0.1) is 0 Å². The smallest absolute Gasteiger partial charge is 0.269 e. The van der Waals surface area contributed by atoms with Crippen molar-refractivity contribution in [3.8, 4) is 5.75 Å². The third kappa shape index (κ3) is 2.52. The van der Waals surface area contributed by atoms with E-state index in [1.807, 2.05) is 49.4 Å². The van der Waals surface area contributed by atoms with Crippen molar-refractivity contribution in [3.63, 3.8) is 0 Å². The Balaban J connectivity index is 2.16. The van der Waals surface area contributed by atoms with E-state index < -0.39 is 0 Å². The minimum atomic E-state index is -0.114. The molecule has 4 heteroatoms. The van der Waals surface area contributed by atoms with Gasteiger partial charge in [-0.3, -0.25) is 4.79 Å². The summed E-state index contributed by atoms with van der Waals surface area (Å²) in [5.41, 5.74) is 3.64. The third-order valence-electron chi connectivity index (χ3n) is 3.52. The minimum absolute atomic E-state index is 0.114. The Morgan fingerprint density at radius 2 is 2.00 bits per heavy atom. The van der Waals surface area contributed by atoms with Crippen LogP contribution < -0.4 is 10.3 Å². The molecule has 0 fully saturated rings. The van der Waals surface area contributed by atoms with Crippen molar-refractivity contribution < 1.29 is 4.74 Å². The fourth-order valence-corrected chi connectivity index (χ4v) is 2.48. The molecule has 0 amide bonds. The molecule has 4 nitrogen and oxygen atoms in total. The normalized spacial score (nSPS) is 10.8. The van der Waals surface area contributed by atoms with Gasteiger partial charge in [-0.2, -0.15) is 0 Å². The summed E-state index contributed by atoms with van der Waals surface area (Å²) in [7, 11) is 1.64. The molecule has 0 N–H and O–H groups in total. The van der Waals surface area contributed by atoms with Crippen molar-refractivity contribution in [1.82, 2.24) is 9.55 Å². The van der Waals surface area contributed by atoms with E-state index in [4.69, 9.17) is 4.74 Å². The number of hydrogen-bond acceptors (Lipinski definition) is 3. The number of para-hydroxylation sites is 2. The first-order chi connectivity index (χ1) is 10.2. The van der Waals surface area contributed by atoms with Crippen molar-refractivity contribution in [2.75, 3.05) is 7.11 Å². The van der Waals surface area contributed by atoms with Gasteiger partial charge in [-0.1, -0.05) is 29.8 Å². The molecule has 0 atom stereocenters. The van der Waals surface area contributed by atoms with E-state index in [1.54, 1.807) is 11.7 Å². The van der Waals surface area contributed by atoms with E-state index in [0.717, 1.165) is 27.9 Å². The summed E-state index contributed by atoms with van der Waals surface area (Å²) in [5.74, 6) is 0.786. The average molecular weight is 280 g/mol. The molecule has 1 heterocycles. The van der Waals surface area contributed by atoms with E-state index in [2.05, 4.69) is 4.98 Å². The van der Waals surface area contributed by atoms with Gasteiger partial charge < -0.3 is 9.30 Å². The number of nitrogens with zero attached hydrogens (tertiary/aromatic N) is 2. The van der Waals surface area contributed by atoms with Gasteiger partial charge in [-0.25, -0.2) is 4.98 Å². The summed E-state index contributed by atoms with van der Waals surface area (Å²) < 4.78 is 7.12. The Kier molecular flexibility index (Phi) is 3.44. The van der Waals surface area contributed by atoms with Crippen LogP contribution in [0.25, 0.3) is 11.0 Å². The Bertz CT molecular complexity index is 853. The van der Waals surface area contributed by atoms with Gasteiger partial charge in [0.05, 0.1) is 30.9 Å². The number of aryl methyl sites for hydroxylation is 1. The van der Waals surface area contributed by atoms with Crippen LogP contribution in [0.2, 0.25) is 0 Å². The van der Waals surface area contributed by atoms with Gasteiger partial charge in [0, 0.05) is 5.56 Å². The summed E-state index contributed by atoms with van der Waals surface area (Å²) in [6.45, 7) is 2.49. The van der Waals surface area contributed by atoms with Crippen LogP contribution in [0.5, 0.6) is 5.75 Å². The summed E-state index contributed by atoms with van der Waals surface area (Å²) in [6.07, 6.45) is 1.37. The minimum Gasteiger partial charge on any atom is -0.496 e. The lowest BCUT2D eigenvalue weighted by Gasteiger charge is -2.13. The third-order valence-corrected chi connectivity index (χ3v) is 3.52. The van der Waals surface area contributed by atoms with Gasteiger partial charge in [0.2, 0.25) is 0 Å². The second-order valence-electron chi connectivity index (χ2n) is 4.99. The summed E-state index contributed by atoms with van der Waals surface area (Å²) in [4.78, 5) is 16.4. The van der Waals surface area contributed by atoms with Gasteiger partial charge >= 0.3 is 0 Å². The van der Waals surface area contributed by atoms with Gasteiger partial charge in [0.1, 0.15) is 5.75 Å². The molecule has 0 saturated heterocycles. The topological polar surface area (TPSA) is 44.1 Å². The van der Waals surface area contributed by atoms with E-state index in [1.165, 1.54) is 6.20 Å². The van der Waals surface area contributed by atoms with Crippen LogP contribution in [0, 0.1) is 6.92 Å². The maximum Gasteiger partial charge on any atom is 0.269 e. The molecule has 0 bridgehead atoms. The Hall–Kier alpha value is -2.62. The van der Waals surface area contributed by atoms with Crippen LogP contribution in [0.15, 0.2) is 53.5 Å². The Morgan fingerprint density at radius 1 is 1.19 bits per heavy atom. The highest BCUT2D eigenvalue weighted by Crippen LogP contribution is 2.21. The number of aromatic nitrogens is 2. The highest BCUT2D eigenvalue weighted by atomic mass is 16.5. The van der Waals surface area contributed by atoms with Crippen LogP contribution in [-0.2, 0) is 6.54 Å². The van der Waals surface area contributed by atoms with Crippen LogP contribution in [0.3, 0.4) is 0 Å². The van der Waals surface area contributed by atoms with Crippen LogP contribution in [0.1, 0.15) is 11.1 Å². The molecular formula is C17H16N2O2. The second-order valence-corrected chi connectivity index (χ2v) is 4.99. The van der Waals surface area contributed by atoms with Crippen molar-refractivity contribution in [2.45, 2.75) is 13.5 Å². The number of hydrogen-bond donors (Lipinski definition) is 0. The standard InChI is InChI=1S/C17H16N2O2/c1-12-7-8-16(21-2)13(9-12)11-19-15-6-4-3-5-14(15)18-10-17(19)20/h3-10H,11H2,1-2H3. The van der Waals surface area contributed by atoms with E-state index in [-0.39, 0.29) is 5.56 Å². The number of ether oxygens (including phenoxy) is 1. The Labute approximate surface area is 122 Å². The van der Waals surface area contributed by atoms with Gasteiger partial charge in [0.15, 0.2) is 0 Å². The molecule has 1 aromatic heterocycles. The predicted octanol–water partition coefficient (Wildman–Crippen LogP) is 2.76. The van der Waals surface area contributed by atoms with Gasteiger partial charge in [0.25, 0.3) is 5.56 Å². The number of benzene rings is 2. The van der Waals surface area contributed by atoms with Crippen LogP contribution in [-0.4, -0.2) is 16.7 Å². The molecule has 0 aliphatic rings. The van der Waals surface area contributed by atoms with Crippen molar-refractivity contribution in [1.29, 1.82) is 0 Å². The fraction of sp³-hybridized carbons (Fsp3) is 0.176.